The van der Waals surface area contributed by atoms with Crippen LogP contribution in [0.3, 0.4) is 0 Å². The standard InChI is InChI=1S/C22H26FN3O/c1-4-15-5-6-18(23)17(12-15)16-11-14(2)24-20(13-16)19-7-8-22(25-19)9-10-26(3)21(22)27/h5-6,11-13,19,25H,4,7-10H2,1-3H3/t19-,22+/m1/s1. The average Bonchev–Trinajstić information content (AvgIpc) is 3.22. The van der Waals surface area contributed by atoms with Crippen molar-refractivity contribution < 1.29 is 9.18 Å². The monoisotopic (exact) mass is 367 g/mol. The molecule has 2 aromatic rings. The topological polar surface area (TPSA) is 45.2 Å². The Bertz CT molecular complexity index is 897. The van der Waals surface area contributed by atoms with Crippen LogP contribution in [0.2, 0.25) is 0 Å². The molecule has 5 heteroatoms. The first-order valence-corrected chi connectivity index (χ1v) is 9.72. The molecule has 142 valence electrons. The Morgan fingerprint density at radius 3 is 2.81 bits per heavy atom. The van der Waals surface area contributed by atoms with E-state index in [1.807, 2.05) is 38.2 Å². The highest BCUT2D eigenvalue weighted by Gasteiger charge is 2.50. The molecular weight excluding hydrogens is 341 g/mol. The van der Waals surface area contributed by atoms with Gasteiger partial charge in [-0.1, -0.05) is 13.0 Å². The van der Waals surface area contributed by atoms with Crippen molar-refractivity contribution in [3.8, 4) is 11.1 Å². The van der Waals surface area contributed by atoms with Crippen LogP contribution in [0.25, 0.3) is 11.1 Å². The minimum absolute atomic E-state index is 0.0246. The van der Waals surface area contributed by atoms with Crippen molar-refractivity contribution in [1.29, 1.82) is 0 Å². The summed E-state index contributed by atoms with van der Waals surface area (Å²) in [6.07, 6.45) is 3.40. The zero-order valence-electron chi connectivity index (χ0n) is 16.2. The number of amides is 1. The molecule has 0 aliphatic carbocycles. The Labute approximate surface area is 159 Å². The summed E-state index contributed by atoms with van der Waals surface area (Å²) in [6, 6.07) is 9.23. The predicted octanol–water partition coefficient (Wildman–Crippen LogP) is 3.78. The van der Waals surface area contributed by atoms with E-state index in [0.717, 1.165) is 54.7 Å². The summed E-state index contributed by atoms with van der Waals surface area (Å²) in [7, 11) is 1.86. The number of hydrogen-bond acceptors (Lipinski definition) is 3. The molecule has 27 heavy (non-hydrogen) atoms. The van der Waals surface area contributed by atoms with Gasteiger partial charge in [-0.25, -0.2) is 4.39 Å². The first-order chi connectivity index (χ1) is 12.9. The van der Waals surface area contributed by atoms with Crippen molar-refractivity contribution >= 4 is 5.91 Å². The van der Waals surface area contributed by atoms with Gasteiger partial charge < -0.3 is 4.90 Å². The van der Waals surface area contributed by atoms with Crippen LogP contribution < -0.4 is 5.32 Å². The number of nitrogens with zero attached hydrogens (tertiary/aromatic N) is 2. The van der Waals surface area contributed by atoms with Gasteiger partial charge in [-0.2, -0.15) is 0 Å². The molecule has 0 bridgehead atoms. The number of likely N-dealkylation sites (tertiary alicyclic amines) is 1. The molecular formula is C22H26FN3O. The van der Waals surface area contributed by atoms with E-state index in [9.17, 15) is 9.18 Å². The number of likely N-dealkylation sites (N-methyl/N-ethyl adjacent to an activating group) is 1. The fourth-order valence-corrected chi connectivity index (χ4v) is 4.43. The number of carbonyl (C=O) groups is 1. The summed E-state index contributed by atoms with van der Waals surface area (Å²) >= 11 is 0. The molecule has 2 aliphatic heterocycles. The summed E-state index contributed by atoms with van der Waals surface area (Å²) in [5.41, 5.74) is 3.89. The molecule has 2 fully saturated rings. The highest BCUT2D eigenvalue weighted by atomic mass is 19.1. The largest absolute Gasteiger partial charge is 0.344 e. The minimum Gasteiger partial charge on any atom is -0.344 e. The molecule has 2 aliphatic rings. The van der Waals surface area contributed by atoms with Crippen molar-refractivity contribution in [2.75, 3.05) is 13.6 Å². The molecule has 0 radical (unpaired) electrons. The van der Waals surface area contributed by atoms with Crippen LogP contribution in [0.15, 0.2) is 30.3 Å². The maximum Gasteiger partial charge on any atom is 0.242 e. The lowest BCUT2D eigenvalue weighted by Crippen LogP contribution is -2.47. The number of halogens is 1. The quantitative estimate of drug-likeness (QED) is 0.898. The summed E-state index contributed by atoms with van der Waals surface area (Å²) in [4.78, 5) is 19.1. The molecule has 1 aromatic carbocycles. The maximum atomic E-state index is 14.5. The van der Waals surface area contributed by atoms with Gasteiger partial charge >= 0.3 is 0 Å². The highest BCUT2D eigenvalue weighted by Crippen LogP contribution is 2.39. The van der Waals surface area contributed by atoms with Crippen LogP contribution in [-0.4, -0.2) is 34.9 Å². The molecule has 1 N–H and O–H groups in total. The lowest BCUT2D eigenvalue weighted by atomic mass is 9.96. The van der Waals surface area contributed by atoms with Crippen molar-refractivity contribution in [3.63, 3.8) is 0 Å². The predicted molar refractivity (Wildman–Crippen MR) is 104 cm³/mol. The van der Waals surface area contributed by atoms with Gasteiger partial charge in [-0.05, 0) is 68.0 Å². The summed E-state index contributed by atoms with van der Waals surface area (Å²) in [5, 5.41) is 3.56. The normalized spacial score (nSPS) is 25.0. The van der Waals surface area contributed by atoms with E-state index >= 15 is 0 Å². The molecule has 3 heterocycles. The van der Waals surface area contributed by atoms with Crippen molar-refractivity contribution in [2.45, 2.75) is 51.1 Å². The fraction of sp³-hybridized carbons (Fsp3) is 0.455. The van der Waals surface area contributed by atoms with Gasteiger partial charge in [0.2, 0.25) is 5.91 Å². The summed E-state index contributed by atoms with van der Waals surface area (Å²) in [6.45, 7) is 4.80. The molecule has 4 rings (SSSR count). The Morgan fingerprint density at radius 1 is 1.30 bits per heavy atom. The van der Waals surface area contributed by atoms with Crippen LogP contribution in [0.1, 0.15) is 49.2 Å². The van der Waals surface area contributed by atoms with Gasteiger partial charge in [0, 0.05) is 24.8 Å². The second kappa shape index (κ2) is 6.71. The number of rotatable bonds is 3. The Morgan fingerprint density at radius 2 is 2.11 bits per heavy atom. The van der Waals surface area contributed by atoms with Crippen LogP contribution in [0.4, 0.5) is 4.39 Å². The number of carbonyl (C=O) groups excluding carboxylic acids is 1. The smallest absolute Gasteiger partial charge is 0.242 e. The lowest BCUT2D eigenvalue weighted by Gasteiger charge is -2.23. The van der Waals surface area contributed by atoms with Gasteiger partial charge in [-0.3, -0.25) is 15.1 Å². The third kappa shape index (κ3) is 3.14. The third-order valence-corrected chi connectivity index (χ3v) is 6.02. The number of aryl methyl sites for hydroxylation is 2. The van der Waals surface area contributed by atoms with E-state index in [4.69, 9.17) is 4.98 Å². The molecule has 1 amide bonds. The third-order valence-electron chi connectivity index (χ3n) is 6.02. The van der Waals surface area contributed by atoms with Crippen LogP contribution in [-0.2, 0) is 11.2 Å². The minimum atomic E-state index is -0.446. The van der Waals surface area contributed by atoms with E-state index < -0.39 is 5.54 Å². The Hall–Kier alpha value is -2.27. The molecule has 1 spiro atoms. The number of nitrogens with one attached hydrogen (secondary N) is 1. The molecule has 4 nitrogen and oxygen atoms in total. The van der Waals surface area contributed by atoms with Crippen molar-refractivity contribution in [2.24, 2.45) is 0 Å². The number of aromatic nitrogens is 1. The second-order valence-electron chi connectivity index (χ2n) is 7.88. The molecule has 2 saturated heterocycles. The van der Waals surface area contributed by atoms with E-state index in [-0.39, 0.29) is 17.8 Å². The van der Waals surface area contributed by atoms with Gasteiger partial charge in [0.15, 0.2) is 0 Å². The first kappa shape index (κ1) is 18.1. The van der Waals surface area contributed by atoms with Gasteiger partial charge in [0.25, 0.3) is 0 Å². The molecule has 1 aromatic heterocycles. The average molecular weight is 367 g/mol. The second-order valence-corrected chi connectivity index (χ2v) is 7.88. The van der Waals surface area contributed by atoms with Crippen LogP contribution in [0.5, 0.6) is 0 Å². The van der Waals surface area contributed by atoms with Gasteiger partial charge in [-0.15, -0.1) is 0 Å². The fourth-order valence-electron chi connectivity index (χ4n) is 4.43. The zero-order valence-corrected chi connectivity index (χ0v) is 16.2. The first-order valence-electron chi connectivity index (χ1n) is 9.72. The number of hydrogen-bond donors (Lipinski definition) is 1. The maximum absolute atomic E-state index is 14.5. The number of pyridine rings is 1. The summed E-state index contributed by atoms with van der Waals surface area (Å²) in [5.74, 6) is -0.0354. The van der Waals surface area contributed by atoms with E-state index in [2.05, 4.69) is 12.2 Å². The molecule has 0 saturated carbocycles. The zero-order chi connectivity index (χ0) is 19.2. The van der Waals surface area contributed by atoms with E-state index in [1.54, 1.807) is 11.0 Å². The highest BCUT2D eigenvalue weighted by molar-refractivity contribution is 5.88. The van der Waals surface area contributed by atoms with E-state index in [1.165, 1.54) is 0 Å². The van der Waals surface area contributed by atoms with Gasteiger partial charge in [0.05, 0.1) is 11.7 Å². The number of benzene rings is 1. The van der Waals surface area contributed by atoms with Crippen molar-refractivity contribution in [1.82, 2.24) is 15.2 Å². The summed E-state index contributed by atoms with van der Waals surface area (Å²) < 4.78 is 14.5. The SMILES string of the molecule is CCc1ccc(F)c(-c2cc(C)nc([C@H]3CC[C@@]4(CCN(C)C4=O)N3)c2)c1. The Kier molecular flexibility index (Phi) is 4.50. The van der Waals surface area contributed by atoms with Crippen LogP contribution in [0, 0.1) is 12.7 Å². The van der Waals surface area contributed by atoms with Gasteiger partial charge in [0.1, 0.15) is 11.4 Å². The Balaban J connectivity index is 1.67. The van der Waals surface area contributed by atoms with Crippen LogP contribution >= 0.6 is 0 Å². The van der Waals surface area contributed by atoms with Crippen molar-refractivity contribution in [3.05, 3.63) is 53.1 Å². The molecule has 2 atom stereocenters. The molecule has 0 unspecified atom stereocenters. The van der Waals surface area contributed by atoms with E-state index in [0.29, 0.717) is 5.56 Å². The lowest BCUT2D eigenvalue weighted by molar-refractivity contribution is -0.131.